The van der Waals surface area contributed by atoms with Crippen molar-refractivity contribution in [1.29, 1.82) is 5.26 Å². The molecule has 0 aliphatic heterocycles. The number of H-pyrrole nitrogens is 1. The number of hydrogen-bond donors (Lipinski definition) is 1. The summed E-state index contributed by atoms with van der Waals surface area (Å²) in [5.74, 6) is 0. The molecule has 0 amide bonds. The van der Waals surface area contributed by atoms with Gasteiger partial charge in [-0.05, 0) is 53.9 Å². The maximum atomic E-state index is 9.49. The molecule has 4 aromatic carbocycles. The SMILES string of the molecule is N#Cc1ccc2oc3ccccc3[nH]c3cccc4sc5cccc(c2c1)c5c34. The highest BCUT2D eigenvalue weighted by Crippen LogP contribution is 2.40. The van der Waals surface area contributed by atoms with Gasteiger partial charge in [-0.2, -0.15) is 5.26 Å². The van der Waals surface area contributed by atoms with E-state index in [2.05, 4.69) is 47.5 Å². The van der Waals surface area contributed by atoms with Crippen LogP contribution in [0.15, 0.2) is 83.3 Å². The minimum Gasteiger partial charge on any atom is -0.455 e. The Kier molecular flexibility index (Phi) is 3.40. The van der Waals surface area contributed by atoms with Crippen LogP contribution in [-0.2, 0) is 0 Å². The largest absolute Gasteiger partial charge is 0.455 e. The van der Waals surface area contributed by atoms with Crippen LogP contribution in [0.2, 0.25) is 0 Å². The first-order valence-electron chi connectivity index (χ1n) is 9.34. The first kappa shape index (κ1) is 16.2. The monoisotopic (exact) mass is 390 g/mol. The number of nitrogens with zero attached hydrogens (tertiary/aromatic N) is 1. The number of hydrogen-bond acceptors (Lipinski definition) is 3. The van der Waals surface area contributed by atoms with Crippen molar-refractivity contribution in [3.8, 4) is 6.07 Å². The van der Waals surface area contributed by atoms with Gasteiger partial charge in [0.1, 0.15) is 5.58 Å². The second-order valence-electron chi connectivity index (χ2n) is 7.01. The third-order valence-electron chi connectivity index (χ3n) is 5.30. The Morgan fingerprint density at radius 2 is 1.52 bits per heavy atom. The number of nitrogens with one attached hydrogen (secondary N) is 1. The number of para-hydroxylation sites is 2. The van der Waals surface area contributed by atoms with Crippen molar-refractivity contribution < 1.29 is 4.42 Å². The van der Waals surface area contributed by atoms with E-state index in [9.17, 15) is 5.26 Å². The summed E-state index contributed by atoms with van der Waals surface area (Å²) in [6.07, 6.45) is 0. The molecule has 0 aliphatic rings. The maximum Gasteiger partial charge on any atom is 0.150 e. The predicted octanol–water partition coefficient (Wildman–Crippen LogP) is 7.43. The summed E-state index contributed by atoms with van der Waals surface area (Å²) in [7, 11) is 0. The van der Waals surface area contributed by atoms with Crippen molar-refractivity contribution in [3.05, 3.63) is 84.4 Å². The molecule has 0 fully saturated rings. The normalized spacial score (nSPS) is 11.4. The first-order chi connectivity index (χ1) is 14.3. The van der Waals surface area contributed by atoms with E-state index in [4.69, 9.17) is 4.42 Å². The highest BCUT2D eigenvalue weighted by atomic mass is 32.1. The van der Waals surface area contributed by atoms with Crippen molar-refractivity contribution >= 4 is 64.5 Å². The van der Waals surface area contributed by atoms with Crippen LogP contribution >= 0.6 is 11.3 Å². The molecule has 1 N–H and O–H groups in total. The summed E-state index contributed by atoms with van der Waals surface area (Å²) >= 11 is 1.78. The molecule has 0 saturated carbocycles. The van der Waals surface area contributed by atoms with Gasteiger partial charge in [0.25, 0.3) is 0 Å². The molecule has 0 spiro atoms. The molecule has 0 aliphatic carbocycles. The Morgan fingerprint density at radius 1 is 0.724 bits per heavy atom. The van der Waals surface area contributed by atoms with Crippen LogP contribution in [0.1, 0.15) is 5.56 Å². The zero-order chi connectivity index (χ0) is 19.4. The molecule has 0 saturated heterocycles. The number of thiophene rings is 1. The van der Waals surface area contributed by atoms with E-state index in [1.54, 1.807) is 17.4 Å². The fourth-order valence-corrected chi connectivity index (χ4v) is 5.17. The molecule has 0 unspecified atom stereocenters. The van der Waals surface area contributed by atoms with Gasteiger partial charge in [0.15, 0.2) is 5.58 Å². The third-order valence-corrected chi connectivity index (χ3v) is 6.42. The lowest BCUT2D eigenvalue weighted by Crippen LogP contribution is -1.82. The molecule has 2 heterocycles. The number of aromatic amines is 1. The lowest BCUT2D eigenvalue weighted by atomic mass is 10.0. The minimum atomic E-state index is 0.618. The quantitative estimate of drug-likeness (QED) is 0.293. The molecular formula is C25H14N2OS. The van der Waals surface area contributed by atoms with Crippen LogP contribution in [0.5, 0.6) is 0 Å². The van der Waals surface area contributed by atoms with E-state index < -0.39 is 0 Å². The number of fused-ring (bicyclic) bond motifs is 3. The van der Waals surface area contributed by atoms with Crippen molar-refractivity contribution in [1.82, 2.24) is 4.98 Å². The summed E-state index contributed by atoms with van der Waals surface area (Å²) in [5, 5.41) is 13.9. The maximum absolute atomic E-state index is 9.49. The van der Waals surface area contributed by atoms with Gasteiger partial charge >= 0.3 is 0 Å². The van der Waals surface area contributed by atoms with Crippen LogP contribution in [0, 0.1) is 11.3 Å². The molecule has 6 aromatic rings. The topological polar surface area (TPSA) is 52.7 Å². The number of aromatic nitrogens is 1. The zero-order valence-electron chi connectivity index (χ0n) is 15.3. The van der Waals surface area contributed by atoms with E-state index in [1.165, 1.54) is 20.2 Å². The summed E-state index contributed by atoms with van der Waals surface area (Å²) in [5.41, 5.74) is 4.07. The van der Waals surface area contributed by atoms with Crippen LogP contribution in [0.4, 0.5) is 0 Å². The summed E-state index contributed by atoms with van der Waals surface area (Å²) < 4.78 is 8.82. The number of nitriles is 1. The Bertz CT molecular complexity index is 1680. The van der Waals surface area contributed by atoms with Crippen molar-refractivity contribution in [2.24, 2.45) is 0 Å². The minimum absolute atomic E-state index is 0.618. The van der Waals surface area contributed by atoms with Crippen molar-refractivity contribution in [2.75, 3.05) is 0 Å². The molecule has 0 bridgehead atoms. The molecular weight excluding hydrogens is 376 g/mol. The third kappa shape index (κ3) is 2.42. The molecule has 0 radical (unpaired) electrons. The average Bonchev–Trinajstić information content (AvgIpc) is 3.15. The lowest BCUT2D eigenvalue weighted by molar-refractivity contribution is 0.662. The Balaban J connectivity index is 2.05. The molecule has 29 heavy (non-hydrogen) atoms. The summed E-state index contributed by atoms with van der Waals surface area (Å²) in [4.78, 5) is 3.59. The number of benzene rings is 4. The van der Waals surface area contributed by atoms with E-state index in [0.29, 0.717) is 5.56 Å². The average molecular weight is 390 g/mol. The van der Waals surface area contributed by atoms with Gasteiger partial charge in [-0.15, -0.1) is 11.3 Å². The van der Waals surface area contributed by atoms with E-state index in [0.717, 1.165) is 33.0 Å². The van der Waals surface area contributed by atoms with Crippen LogP contribution in [-0.4, -0.2) is 4.98 Å². The van der Waals surface area contributed by atoms with Gasteiger partial charge in [0.05, 0.1) is 17.1 Å². The molecule has 6 rings (SSSR count). The van der Waals surface area contributed by atoms with Crippen molar-refractivity contribution in [3.63, 3.8) is 0 Å². The van der Waals surface area contributed by atoms with E-state index in [1.807, 2.05) is 36.4 Å². The summed E-state index contributed by atoms with van der Waals surface area (Å²) in [6.45, 7) is 0. The van der Waals surface area contributed by atoms with Crippen LogP contribution in [0.25, 0.3) is 53.1 Å². The Morgan fingerprint density at radius 3 is 2.41 bits per heavy atom. The standard InChI is InChI=1S/C25H14N2OS/c26-14-15-11-12-20-17(13-15)16-5-3-9-22-24(16)25-19(7-4-10-23(25)29-22)27-18-6-1-2-8-21(18)28-20/h1-13,27H. The Hall–Kier alpha value is -3.81. The van der Waals surface area contributed by atoms with Gasteiger partial charge in [-0.25, -0.2) is 0 Å². The highest BCUT2D eigenvalue weighted by Gasteiger charge is 2.12. The lowest BCUT2D eigenvalue weighted by Gasteiger charge is -2.04. The van der Waals surface area contributed by atoms with Gasteiger partial charge in [0.2, 0.25) is 0 Å². The Labute approximate surface area is 169 Å². The van der Waals surface area contributed by atoms with Crippen LogP contribution in [0.3, 0.4) is 0 Å². The number of rotatable bonds is 0. The molecule has 2 aromatic heterocycles. The second-order valence-corrected chi connectivity index (χ2v) is 8.09. The highest BCUT2D eigenvalue weighted by molar-refractivity contribution is 7.26. The molecule has 3 nitrogen and oxygen atoms in total. The van der Waals surface area contributed by atoms with Crippen molar-refractivity contribution in [2.45, 2.75) is 0 Å². The first-order valence-corrected chi connectivity index (χ1v) is 10.2. The summed E-state index contributed by atoms with van der Waals surface area (Å²) in [6, 6.07) is 28.5. The fourth-order valence-electron chi connectivity index (χ4n) is 4.02. The van der Waals surface area contributed by atoms with E-state index in [-0.39, 0.29) is 0 Å². The van der Waals surface area contributed by atoms with E-state index >= 15 is 0 Å². The van der Waals surface area contributed by atoms with Gasteiger partial charge < -0.3 is 9.40 Å². The van der Waals surface area contributed by atoms with Crippen LogP contribution < -0.4 is 0 Å². The zero-order valence-corrected chi connectivity index (χ0v) is 16.1. The second kappa shape index (κ2) is 6.10. The molecule has 4 heteroatoms. The smallest absolute Gasteiger partial charge is 0.150 e. The molecule has 0 atom stereocenters. The van der Waals surface area contributed by atoms with Gasteiger partial charge in [-0.3, -0.25) is 0 Å². The fraction of sp³-hybridized carbons (Fsp3) is 0. The molecule has 136 valence electrons. The predicted molar refractivity (Wildman–Crippen MR) is 121 cm³/mol. The van der Waals surface area contributed by atoms with Gasteiger partial charge in [0, 0.05) is 31.1 Å². The van der Waals surface area contributed by atoms with Gasteiger partial charge in [-0.1, -0.05) is 30.3 Å².